The summed E-state index contributed by atoms with van der Waals surface area (Å²) in [5.41, 5.74) is 3.16. The van der Waals surface area contributed by atoms with Gasteiger partial charge in [0.15, 0.2) is 0 Å². The number of nitrogens with zero attached hydrogens (tertiary/aromatic N) is 3. The molecule has 1 aromatic carbocycles. The maximum atomic E-state index is 5.25. The van der Waals surface area contributed by atoms with E-state index in [-0.39, 0.29) is 0 Å². The summed E-state index contributed by atoms with van der Waals surface area (Å²) in [6.07, 6.45) is 4.50. The lowest BCUT2D eigenvalue weighted by atomic mass is 10.1. The molecule has 2 heterocycles. The minimum absolute atomic E-state index is 0.591. The highest BCUT2D eigenvalue weighted by molar-refractivity contribution is 7.71. The van der Waals surface area contributed by atoms with Crippen molar-refractivity contribution in [1.82, 2.24) is 19.7 Å². The lowest BCUT2D eigenvalue weighted by Gasteiger charge is -2.04. The van der Waals surface area contributed by atoms with Crippen LogP contribution in [-0.4, -0.2) is 19.7 Å². The summed E-state index contributed by atoms with van der Waals surface area (Å²) in [5.74, 6) is 0.863. The number of aromatic amines is 1. The van der Waals surface area contributed by atoms with Crippen molar-refractivity contribution < 1.29 is 0 Å². The van der Waals surface area contributed by atoms with E-state index in [9.17, 15) is 0 Å². The number of benzene rings is 1. The van der Waals surface area contributed by atoms with Crippen molar-refractivity contribution in [3.8, 4) is 11.3 Å². The molecule has 0 amide bonds. The predicted octanol–water partition coefficient (Wildman–Crippen LogP) is 3.13. The number of aryl methyl sites for hydroxylation is 1. The molecule has 2 aromatic heterocycles. The Bertz CT molecular complexity index is 774. The van der Waals surface area contributed by atoms with Gasteiger partial charge in [0.05, 0.1) is 11.9 Å². The van der Waals surface area contributed by atoms with Crippen molar-refractivity contribution in [2.75, 3.05) is 0 Å². The van der Waals surface area contributed by atoms with Crippen LogP contribution in [-0.2, 0) is 13.5 Å². The Labute approximate surface area is 122 Å². The minimum Gasteiger partial charge on any atom is -0.343 e. The first-order valence-corrected chi connectivity index (χ1v) is 6.75. The van der Waals surface area contributed by atoms with Crippen LogP contribution in [0.15, 0.2) is 48.8 Å². The van der Waals surface area contributed by atoms with Gasteiger partial charge in [-0.15, -0.1) is 0 Å². The van der Waals surface area contributed by atoms with Gasteiger partial charge in [0.25, 0.3) is 0 Å². The molecule has 3 aromatic rings. The van der Waals surface area contributed by atoms with E-state index in [0.717, 1.165) is 23.5 Å². The van der Waals surface area contributed by atoms with Gasteiger partial charge in [-0.25, -0.2) is 4.98 Å². The Balaban J connectivity index is 1.97. The Morgan fingerprint density at radius 1 is 1.25 bits per heavy atom. The second kappa shape index (κ2) is 5.38. The number of hydrogen-bond acceptors (Lipinski definition) is 3. The highest BCUT2D eigenvalue weighted by atomic mass is 32.1. The minimum atomic E-state index is 0.591. The Morgan fingerprint density at radius 2 is 2.05 bits per heavy atom. The molecule has 0 spiro atoms. The lowest BCUT2D eigenvalue weighted by molar-refractivity contribution is 0.768. The highest BCUT2D eigenvalue weighted by Crippen LogP contribution is 2.16. The summed E-state index contributed by atoms with van der Waals surface area (Å²) in [5, 5.41) is 4.18. The second-order valence-electron chi connectivity index (χ2n) is 4.64. The molecule has 0 bridgehead atoms. The third-order valence-electron chi connectivity index (χ3n) is 3.02. The third kappa shape index (κ3) is 2.83. The van der Waals surface area contributed by atoms with E-state index in [1.165, 1.54) is 5.56 Å². The zero-order valence-corrected chi connectivity index (χ0v) is 11.9. The summed E-state index contributed by atoms with van der Waals surface area (Å²) in [6.45, 7) is 0. The second-order valence-corrected chi connectivity index (χ2v) is 5.06. The van der Waals surface area contributed by atoms with Gasteiger partial charge in [-0.3, -0.25) is 4.68 Å². The molecule has 1 N–H and O–H groups in total. The molecule has 100 valence electrons. The van der Waals surface area contributed by atoms with Crippen molar-refractivity contribution in [1.29, 1.82) is 0 Å². The molecule has 0 aliphatic rings. The summed E-state index contributed by atoms with van der Waals surface area (Å²) in [4.78, 5) is 7.73. The number of rotatable bonds is 3. The van der Waals surface area contributed by atoms with Crippen molar-refractivity contribution in [3.63, 3.8) is 0 Å². The molecule has 0 fully saturated rings. The van der Waals surface area contributed by atoms with Crippen LogP contribution in [0.5, 0.6) is 0 Å². The van der Waals surface area contributed by atoms with Crippen LogP contribution in [0, 0.1) is 4.64 Å². The number of aromatic nitrogens is 4. The first-order chi connectivity index (χ1) is 9.70. The molecule has 20 heavy (non-hydrogen) atoms. The van der Waals surface area contributed by atoms with E-state index in [2.05, 4.69) is 27.2 Å². The fourth-order valence-electron chi connectivity index (χ4n) is 2.10. The molecule has 0 saturated carbocycles. The van der Waals surface area contributed by atoms with Crippen LogP contribution in [0.2, 0.25) is 0 Å². The standard InChI is InChI=1S/C15H14N4S/c1-19-10-12(9-16-19)13-8-15(20)18-14(17-13)7-11-5-3-2-4-6-11/h2-6,8-10H,7H2,1H3,(H,17,18,20). The van der Waals surface area contributed by atoms with Gasteiger partial charge in [-0.1, -0.05) is 42.5 Å². The van der Waals surface area contributed by atoms with Crippen LogP contribution in [0.1, 0.15) is 11.4 Å². The zero-order valence-electron chi connectivity index (χ0n) is 11.1. The normalized spacial score (nSPS) is 10.7. The molecule has 3 rings (SSSR count). The van der Waals surface area contributed by atoms with Crippen molar-refractivity contribution in [2.24, 2.45) is 7.05 Å². The molecular formula is C15H14N4S. The van der Waals surface area contributed by atoms with Crippen molar-refractivity contribution in [2.45, 2.75) is 6.42 Å². The highest BCUT2D eigenvalue weighted by Gasteiger charge is 2.05. The Hall–Kier alpha value is -2.27. The van der Waals surface area contributed by atoms with Crippen LogP contribution >= 0.6 is 12.2 Å². The number of nitrogens with one attached hydrogen (secondary N) is 1. The van der Waals surface area contributed by atoms with Crippen LogP contribution in [0.4, 0.5) is 0 Å². The molecule has 0 aliphatic heterocycles. The lowest BCUT2D eigenvalue weighted by Crippen LogP contribution is -1.98. The molecule has 0 unspecified atom stereocenters. The summed E-state index contributed by atoms with van der Waals surface area (Å²) in [6, 6.07) is 12.1. The fraction of sp³-hybridized carbons (Fsp3) is 0.133. The molecule has 5 heteroatoms. The summed E-state index contributed by atoms with van der Waals surface area (Å²) in [7, 11) is 1.89. The average Bonchev–Trinajstić information content (AvgIpc) is 2.86. The van der Waals surface area contributed by atoms with Gasteiger partial charge in [-0.05, 0) is 11.6 Å². The van der Waals surface area contributed by atoms with Gasteiger partial charge in [0.2, 0.25) is 0 Å². The third-order valence-corrected chi connectivity index (χ3v) is 3.23. The van der Waals surface area contributed by atoms with E-state index in [0.29, 0.717) is 4.64 Å². The Morgan fingerprint density at radius 3 is 2.75 bits per heavy atom. The fourth-order valence-corrected chi connectivity index (χ4v) is 2.33. The first kappa shape index (κ1) is 12.7. The van der Waals surface area contributed by atoms with Gasteiger partial charge < -0.3 is 4.98 Å². The molecule has 4 nitrogen and oxygen atoms in total. The van der Waals surface area contributed by atoms with Gasteiger partial charge in [-0.2, -0.15) is 5.10 Å². The monoisotopic (exact) mass is 282 g/mol. The van der Waals surface area contributed by atoms with Gasteiger partial charge in [0, 0.05) is 25.2 Å². The molecule has 0 saturated heterocycles. The van der Waals surface area contributed by atoms with Crippen LogP contribution in [0.3, 0.4) is 0 Å². The molecule has 0 aliphatic carbocycles. The molecule has 0 atom stereocenters. The number of H-pyrrole nitrogens is 1. The quantitative estimate of drug-likeness (QED) is 0.751. The van der Waals surface area contributed by atoms with E-state index in [4.69, 9.17) is 12.2 Å². The van der Waals surface area contributed by atoms with E-state index < -0.39 is 0 Å². The smallest absolute Gasteiger partial charge is 0.130 e. The maximum absolute atomic E-state index is 5.25. The number of hydrogen-bond donors (Lipinski definition) is 1. The van der Waals surface area contributed by atoms with Crippen LogP contribution in [0.25, 0.3) is 11.3 Å². The predicted molar refractivity (Wildman–Crippen MR) is 80.9 cm³/mol. The largest absolute Gasteiger partial charge is 0.343 e. The Kier molecular flexibility index (Phi) is 3.43. The molecular weight excluding hydrogens is 268 g/mol. The van der Waals surface area contributed by atoms with Gasteiger partial charge in [0.1, 0.15) is 10.5 Å². The SMILES string of the molecule is Cn1cc(-c2cc(=S)nc(Cc3ccccc3)[nH]2)cn1. The average molecular weight is 282 g/mol. The van der Waals surface area contributed by atoms with Crippen LogP contribution < -0.4 is 0 Å². The topological polar surface area (TPSA) is 46.5 Å². The van der Waals surface area contributed by atoms with Crippen molar-refractivity contribution >= 4 is 12.2 Å². The summed E-state index contributed by atoms with van der Waals surface area (Å²) < 4.78 is 2.36. The first-order valence-electron chi connectivity index (χ1n) is 6.34. The zero-order chi connectivity index (χ0) is 13.9. The summed E-state index contributed by atoms with van der Waals surface area (Å²) >= 11 is 5.25. The van der Waals surface area contributed by atoms with E-state index in [1.807, 2.05) is 43.7 Å². The van der Waals surface area contributed by atoms with Gasteiger partial charge >= 0.3 is 0 Å². The van der Waals surface area contributed by atoms with Crippen molar-refractivity contribution in [3.05, 3.63) is 64.8 Å². The van der Waals surface area contributed by atoms with E-state index >= 15 is 0 Å². The molecule has 0 radical (unpaired) electrons. The van der Waals surface area contributed by atoms with E-state index in [1.54, 1.807) is 4.68 Å². The maximum Gasteiger partial charge on any atom is 0.130 e.